The Hall–Kier alpha value is -4.63. The van der Waals surface area contributed by atoms with Crippen LogP contribution in [0.5, 0.6) is 5.75 Å². The first-order chi connectivity index (χ1) is 22.7. The molecule has 1 fully saturated rings. The van der Waals surface area contributed by atoms with Gasteiger partial charge in [0.1, 0.15) is 18.3 Å². The van der Waals surface area contributed by atoms with Crippen LogP contribution in [-0.4, -0.2) is 50.9 Å². The largest absolute Gasteiger partial charge is 0.497 e. The Morgan fingerprint density at radius 1 is 0.872 bits per heavy atom. The molecule has 2 amide bonds. The number of amides is 2. The number of nitrogens with one attached hydrogen (secondary N) is 1. The van der Waals surface area contributed by atoms with E-state index in [4.69, 9.17) is 4.74 Å². The monoisotopic (exact) mass is 653 g/mol. The maximum atomic E-state index is 14.7. The minimum absolute atomic E-state index is 0.0476. The van der Waals surface area contributed by atoms with Crippen LogP contribution in [0.3, 0.4) is 0 Å². The number of carbonyl (C=O) groups is 2. The van der Waals surface area contributed by atoms with Crippen LogP contribution in [0.25, 0.3) is 0 Å². The van der Waals surface area contributed by atoms with E-state index in [1.165, 1.54) is 7.11 Å². The molecule has 8 nitrogen and oxygen atoms in total. The molecule has 4 aromatic carbocycles. The van der Waals surface area contributed by atoms with Crippen LogP contribution in [0, 0.1) is 13.8 Å². The minimum atomic E-state index is -4.20. The van der Waals surface area contributed by atoms with E-state index in [-0.39, 0.29) is 35.5 Å². The molecule has 1 aliphatic carbocycles. The number of anilines is 1. The minimum Gasteiger partial charge on any atom is -0.497 e. The Kier molecular flexibility index (Phi) is 11.0. The molecular formula is C38H43N3O5S. The smallest absolute Gasteiger partial charge is 0.264 e. The van der Waals surface area contributed by atoms with Crippen LogP contribution in [0.1, 0.15) is 47.9 Å². The van der Waals surface area contributed by atoms with E-state index in [9.17, 15) is 18.0 Å². The van der Waals surface area contributed by atoms with Crippen molar-refractivity contribution in [2.24, 2.45) is 0 Å². The molecule has 0 saturated heterocycles. The van der Waals surface area contributed by atoms with Gasteiger partial charge in [0, 0.05) is 25.1 Å². The molecule has 0 heterocycles. The first kappa shape index (κ1) is 33.7. The van der Waals surface area contributed by atoms with Gasteiger partial charge in [-0.2, -0.15) is 0 Å². The summed E-state index contributed by atoms with van der Waals surface area (Å²) in [6, 6.07) is 29.7. The Morgan fingerprint density at radius 3 is 2.23 bits per heavy atom. The molecule has 0 aromatic heterocycles. The summed E-state index contributed by atoms with van der Waals surface area (Å²) in [5.41, 5.74) is 3.94. The van der Waals surface area contributed by atoms with Crippen molar-refractivity contribution in [2.45, 2.75) is 69.5 Å². The van der Waals surface area contributed by atoms with Gasteiger partial charge in [-0.15, -0.1) is 0 Å². The highest BCUT2D eigenvalue weighted by Crippen LogP contribution is 2.28. The third-order valence-electron chi connectivity index (χ3n) is 8.80. The third-order valence-corrected chi connectivity index (χ3v) is 10.6. The zero-order chi connectivity index (χ0) is 33.4. The first-order valence-corrected chi connectivity index (χ1v) is 17.5. The number of ether oxygens (including phenoxy) is 1. The normalized spacial score (nSPS) is 13.9. The van der Waals surface area contributed by atoms with Crippen molar-refractivity contribution in [1.82, 2.24) is 10.2 Å². The number of rotatable bonds is 13. The summed E-state index contributed by atoms with van der Waals surface area (Å²) < 4.78 is 35.1. The van der Waals surface area contributed by atoms with Crippen LogP contribution < -0.4 is 14.4 Å². The highest BCUT2D eigenvalue weighted by molar-refractivity contribution is 7.92. The van der Waals surface area contributed by atoms with Gasteiger partial charge in [0.05, 0.1) is 17.7 Å². The number of hydrogen-bond donors (Lipinski definition) is 1. The summed E-state index contributed by atoms with van der Waals surface area (Å²) in [5.74, 6) is -0.278. The molecule has 4 aromatic rings. The molecule has 0 bridgehead atoms. The number of benzene rings is 4. The number of sulfonamides is 1. The topological polar surface area (TPSA) is 96.0 Å². The molecule has 1 atom stereocenters. The molecule has 1 unspecified atom stereocenters. The zero-order valence-corrected chi connectivity index (χ0v) is 28.1. The predicted molar refractivity (Wildman–Crippen MR) is 185 cm³/mol. The van der Waals surface area contributed by atoms with Crippen molar-refractivity contribution in [2.75, 3.05) is 18.0 Å². The SMILES string of the molecule is COc1cccc(N(CC(=O)N(Cc2ccccc2C)C(Cc2ccccc2)C(=O)NC2CCCC2)S(=O)(=O)c2ccc(C)cc2)c1. The van der Waals surface area contributed by atoms with Crippen LogP contribution in [-0.2, 0) is 32.6 Å². The highest BCUT2D eigenvalue weighted by atomic mass is 32.2. The molecule has 246 valence electrons. The molecule has 0 radical (unpaired) electrons. The average Bonchev–Trinajstić information content (AvgIpc) is 3.59. The van der Waals surface area contributed by atoms with Gasteiger partial charge < -0.3 is 15.0 Å². The van der Waals surface area contributed by atoms with Gasteiger partial charge in [-0.25, -0.2) is 8.42 Å². The molecule has 47 heavy (non-hydrogen) atoms. The number of carbonyl (C=O) groups excluding carboxylic acids is 2. The van der Waals surface area contributed by atoms with E-state index in [0.717, 1.165) is 52.2 Å². The van der Waals surface area contributed by atoms with Gasteiger partial charge >= 0.3 is 0 Å². The van der Waals surface area contributed by atoms with E-state index in [1.54, 1.807) is 53.4 Å². The molecule has 1 N–H and O–H groups in total. The van der Waals surface area contributed by atoms with Crippen LogP contribution in [0.15, 0.2) is 108 Å². The Morgan fingerprint density at radius 2 is 1.55 bits per heavy atom. The Bertz CT molecular complexity index is 1770. The van der Waals surface area contributed by atoms with Crippen molar-refractivity contribution in [3.8, 4) is 5.75 Å². The van der Waals surface area contributed by atoms with Crippen molar-refractivity contribution in [1.29, 1.82) is 0 Å². The number of methoxy groups -OCH3 is 1. The van der Waals surface area contributed by atoms with Crippen molar-refractivity contribution in [3.63, 3.8) is 0 Å². The van der Waals surface area contributed by atoms with Gasteiger partial charge in [0.15, 0.2) is 0 Å². The van der Waals surface area contributed by atoms with Crippen LogP contribution in [0.2, 0.25) is 0 Å². The lowest BCUT2D eigenvalue weighted by atomic mass is 10.0. The van der Waals surface area contributed by atoms with E-state index < -0.39 is 28.5 Å². The lowest BCUT2D eigenvalue weighted by Gasteiger charge is -2.34. The quantitative estimate of drug-likeness (QED) is 0.185. The average molecular weight is 654 g/mol. The number of nitrogens with zero attached hydrogens (tertiary/aromatic N) is 2. The van der Waals surface area contributed by atoms with Gasteiger partial charge in [-0.1, -0.05) is 91.2 Å². The highest BCUT2D eigenvalue weighted by Gasteiger charge is 2.35. The number of aryl methyl sites for hydroxylation is 2. The Labute approximate surface area is 278 Å². The first-order valence-electron chi connectivity index (χ1n) is 16.1. The van der Waals surface area contributed by atoms with Crippen LogP contribution in [0.4, 0.5) is 5.69 Å². The van der Waals surface area contributed by atoms with Crippen molar-refractivity contribution >= 4 is 27.5 Å². The van der Waals surface area contributed by atoms with Crippen molar-refractivity contribution in [3.05, 3.63) is 125 Å². The lowest BCUT2D eigenvalue weighted by molar-refractivity contribution is -0.140. The van der Waals surface area contributed by atoms with Gasteiger partial charge in [0.2, 0.25) is 11.8 Å². The fraction of sp³-hybridized carbons (Fsp3) is 0.316. The summed E-state index contributed by atoms with van der Waals surface area (Å²) in [6.07, 6.45) is 4.17. The summed E-state index contributed by atoms with van der Waals surface area (Å²) in [6.45, 7) is 3.47. The van der Waals surface area contributed by atoms with E-state index in [2.05, 4.69) is 5.32 Å². The summed E-state index contributed by atoms with van der Waals surface area (Å²) in [7, 11) is -2.70. The second-order valence-corrected chi connectivity index (χ2v) is 14.0. The summed E-state index contributed by atoms with van der Waals surface area (Å²) >= 11 is 0. The lowest BCUT2D eigenvalue weighted by Crippen LogP contribution is -2.54. The second kappa shape index (κ2) is 15.3. The fourth-order valence-electron chi connectivity index (χ4n) is 6.02. The van der Waals surface area contributed by atoms with Gasteiger partial charge in [-0.3, -0.25) is 13.9 Å². The maximum Gasteiger partial charge on any atom is 0.264 e. The Balaban J connectivity index is 1.58. The molecule has 0 spiro atoms. The standard InChI is InChI=1S/C38H43N3O5S/c1-28-20-22-35(23-21-28)47(44,45)41(33-18-11-19-34(25-33)46-3)27-37(42)40(26-31-15-8-7-12-29(31)2)36(24-30-13-5-4-6-14-30)38(43)39-32-16-9-10-17-32/h4-8,11-15,18-23,25,32,36H,9-10,16-17,24,26-27H2,1-3H3,(H,39,43). The van der Waals surface area contributed by atoms with Crippen LogP contribution >= 0.6 is 0 Å². The maximum absolute atomic E-state index is 14.7. The second-order valence-electron chi connectivity index (χ2n) is 12.2. The molecule has 0 aliphatic heterocycles. The molecule has 1 saturated carbocycles. The van der Waals surface area contributed by atoms with E-state index >= 15 is 0 Å². The molecule has 9 heteroatoms. The third kappa shape index (κ3) is 8.40. The zero-order valence-electron chi connectivity index (χ0n) is 27.3. The van der Waals surface area contributed by atoms with Gasteiger partial charge in [0.25, 0.3) is 10.0 Å². The fourth-order valence-corrected chi connectivity index (χ4v) is 7.43. The number of hydrogen-bond acceptors (Lipinski definition) is 5. The predicted octanol–water partition coefficient (Wildman–Crippen LogP) is 6.21. The summed E-state index contributed by atoms with van der Waals surface area (Å²) in [5, 5.41) is 3.22. The van der Waals surface area contributed by atoms with Gasteiger partial charge in [-0.05, 0) is 67.6 Å². The molecular weight excluding hydrogens is 611 g/mol. The molecule has 5 rings (SSSR count). The van der Waals surface area contributed by atoms with E-state index in [1.807, 2.05) is 68.4 Å². The van der Waals surface area contributed by atoms with E-state index in [0.29, 0.717) is 5.75 Å². The van der Waals surface area contributed by atoms with Crippen molar-refractivity contribution < 1.29 is 22.7 Å². The summed E-state index contributed by atoms with van der Waals surface area (Å²) in [4.78, 5) is 30.5. The molecule has 1 aliphatic rings.